The zero-order valence-electron chi connectivity index (χ0n) is 10.1. The van der Waals surface area contributed by atoms with E-state index in [4.69, 9.17) is 4.74 Å². The number of amides is 1. The molecule has 0 aromatic heterocycles. The van der Waals surface area contributed by atoms with E-state index in [-0.39, 0.29) is 18.4 Å². The smallest absolute Gasteiger partial charge is 0.313 e. The van der Waals surface area contributed by atoms with Gasteiger partial charge in [0.2, 0.25) is 5.91 Å². The molecule has 0 spiro atoms. The van der Waals surface area contributed by atoms with E-state index in [2.05, 4.69) is 5.32 Å². The van der Waals surface area contributed by atoms with Crippen LogP contribution in [0.15, 0.2) is 0 Å². The summed E-state index contributed by atoms with van der Waals surface area (Å²) in [6.07, 6.45) is 4.03. The molecule has 2 atom stereocenters. The number of nitrogens with one attached hydrogen (secondary N) is 1. The minimum absolute atomic E-state index is 0.00882. The molecule has 2 fully saturated rings. The predicted molar refractivity (Wildman–Crippen MR) is 60.5 cm³/mol. The van der Waals surface area contributed by atoms with Gasteiger partial charge in [0.05, 0.1) is 19.3 Å². The molecule has 2 aliphatic rings. The van der Waals surface area contributed by atoms with Gasteiger partial charge in [-0.25, -0.2) is 0 Å². The number of carbonyl (C=O) groups is 2. The summed E-state index contributed by atoms with van der Waals surface area (Å²) in [4.78, 5) is 23.2. The van der Waals surface area contributed by atoms with E-state index >= 15 is 0 Å². The van der Waals surface area contributed by atoms with Gasteiger partial charge in [0.15, 0.2) is 0 Å². The Balaban J connectivity index is 1.98. The Labute approximate surface area is 101 Å². The topological polar surface area (TPSA) is 75.6 Å². The lowest BCUT2D eigenvalue weighted by molar-refractivity contribution is -0.149. The quantitative estimate of drug-likeness (QED) is 0.765. The number of ether oxygens (including phenoxy) is 1. The maximum Gasteiger partial charge on any atom is 0.313 e. The van der Waals surface area contributed by atoms with E-state index in [1.807, 2.05) is 0 Å². The van der Waals surface area contributed by atoms with E-state index in [0.29, 0.717) is 6.61 Å². The van der Waals surface area contributed by atoms with E-state index in [1.54, 1.807) is 6.92 Å². The highest BCUT2D eigenvalue weighted by Gasteiger charge is 2.47. The lowest BCUT2D eigenvalue weighted by Crippen LogP contribution is -2.50. The van der Waals surface area contributed by atoms with E-state index < -0.39 is 17.4 Å². The first-order chi connectivity index (χ1) is 8.04. The van der Waals surface area contributed by atoms with Gasteiger partial charge in [0.25, 0.3) is 0 Å². The van der Waals surface area contributed by atoms with Crippen LogP contribution in [-0.2, 0) is 14.3 Å². The fourth-order valence-electron chi connectivity index (χ4n) is 2.56. The molecule has 2 rings (SSSR count). The van der Waals surface area contributed by atoms with Crippen LogP contribution in [0.25, 0.3) is 0 Å². The zero-order valence-corrected chi connectivity index (χ0v) is 10.1. The Morgan fingerprint density at radius 3 is 2.59 bits per heavy atom. The molecule has 1 saturated heterocycles. The van der Waals surface area contributed by atoms with Gasteiger partial charge < -0.3 is 15.2 Å². The van der Waals surface area contributed by atoms with Crippen LogP contribution in [-0.4, -0.2) is 36.2 Å². The van der Waals surface area contributed by atoms with Crippen LogP contribution in [0.2, 0.25) is 0 Å². The first-order valence-corrected chi connectivity index (χ1v) is 6.15. The highest BCUT2D eigenvalue weighted by atomic mass is 16.5. The average Bonchev–Trinajstić information content (AvgIpc) is 2.89. The highest BCUT2D eigenvalue weighted by molar-refractivity contribution is 5.82. The number of carbonyl (C=O) groups excluding carboxylic acids is 1. The Bertz CT molecular complexity index is 324. The third kappa shape index (κ3) is 2.29. The third-order valence-electron chi connectivity index (χ3n) is 3.99. The molecule has 2 unspecified atom stereocenters. The van der Waals surface area contributed by atoms with Crippen molar-refractivity contribution in [3.63, 3.8) is 0 Å². The molecule has 0 bridgehead atoms. The van der Waals surface area contributed by atoms with Gasteiger partial charge in [-0.15, -0.1) is 0 Å². The lowest BCUT2D eigenvalue weighted by Gasteiger charge is -2.26. The van der Waals surface area contributed by atoms with Gasteiger partial charge in [-0.1, -0.05) is 12.8 Å². The monoisotopic (exact) mass is 241 g/mol. The first-order valence-electron chi connectivity index (χ1n) is 6.15. The second kappa shape index (κ2) is 4.64. The third-order valence-corrected chi connectivity index (χ3v) is 3.99. The summed E-state index contributed by atoms with van der Waals surface area (Å²) in [5.74, 6) is -0.856. The number of carboxylic acids is 1. The summed E-state index contributed by atoms with van der Waals surface area (Å²) in [5, 5.41) is 12.0. The summed E-state index contributed by atoms with van der Waals surface area (Å²) in [6.45, 7) is 2.08. The number of hydrogen-bond donors (Lipinski definition) is 2. The van der Waals surface area contributed by atoms with Crippen molar-refractivity contribution >= 4 is 11.9 Å². The van der Waals surface area contributed by atoms with Crippen molar-refractivity contribution in [3.05, 3.63) is 0 Å². The van der Waals surface area contributed by atoms with Crippen LogP contribution in [0.3, 0.4) is 0 Å². The summed E-state index contributed by atoms with van der Waals surface area (Å²) in [7, 11) is 0. The minimum atomic E-state index is -0.992. The van der Waals surface area contributed by atoms with Gasteiger partial charge in [-0.3, -0.25) is 9.59 Å². The molecular weight excluding hydrogens is 222 g/mol. The Morgan fingerprint density at radius 1 is 1.35 bits per heavy atom. The van der Waals surface area contributed by atoms with Crippen molar-refractivity contribution in [2.75, 3.05) is 13.2 Å². The van der Waals surface area contributed by atoms with Crippen LogP contribution in [0, 0.1) is 11.3 Å². The number of aliphatic carboxylic acids is 1. The molecule has 1 amide bonds. The van der Waals surface area contributed by atoms with E-state index in [0.717, 1.165) is 25.7 Å². The maximum absolute atomic E-state index is 12.0. The molecule has 1 aliphatic heterocycles. The van der Waals surface area contributed by atoms with Crippen LogP contribution in [0.1, 0.15) is 32.6 Å². The normalized spacial score (nSPS) is 33.8. The Kier molecular flexibility index (Phi) is 3.38. The average molecular weight is 241 g/mol. The molecule has 0 radical (unpaired) electrons. The molecule has 1 aliphatic carbocycles. The molecule has 5 nitrogen and oxygen atoms in total. The SMILES string of the molecule is CC1(C(=O)O)COCC1NC(=O)C1CCCC1. The van der Waals surface area contributed by atoms with Crippen molar-refractivity contribution in [2.45, 2.75) is 38.6 Å². The Hall–Kier alpha value is -1.10. The molecular formula is C12H19NO4. The summed E-state index contributed by atoms with van der Waals surface area (Å²) in [5.41, 5.74) is -0.992. The van der Waals surface area contributed by atoms with Crippen LogP contribution in [0.5, 0.6) is 0 Å². The molecule has 2 N–H and O–H groups in total. The van der Waals surface area contributed by atoms with Gasteiger partial charge in [-0.2, -0.15) is 0 Å². The van der Waals surface area contributed by atoms with Crippen molar-refractivity contribution < 1.29 is 19.4 Å². The molecule has 96 valence electrons. The summed E-state index contributed by atoms with van der Waals surface area (Å²) in [6, 6.07) is -0.409. The Morgan fingerprint density at radius 2 is 2.00 bits per heavy atom. The predicted octanol–water partition coefficient (Wildman–Crippen LogP) is 0.782. The number of hydrogen-bond acceptors (Lipinski definition) is 3. The molecule has 17 heavy (non-hydrogen) atoms. The van der Waals surface area contributed by atoms with Gasteiger partial charge >= 0.3 is 5.97 Å². The minimum Gasteiger partial charge on any atom is -0.481 e. The highest BCUT2D eigenvalue weighted by Crippen LogP contribution is 2.30. The van der Waals surface area contributed by atoms with Gasteiger partial charge in [-0.05, 0) is 19.8 Å². The van der Waals surface area contributed by atoms with Gasteiger partial charge in [0.1, 0.15) is 5.41 Å². The van der Waals surface area contributed by atoms with E-state index in [9.17, 15) is 14.7 Å². The number of rotatable bonds is 3. The van der Waals surface area contributed by atoms with Crippen molar-refractivity contribution in [1.82, 2.24) is 5.32 Å². The maximum atomic E-state index is 12.0. The molecule has 5 heteroatoms. The molecule has 0 aromatic carbocycles. The second-order valence-corrected chi connectivity index (χ2v) is 5.28. The van der Waals surface area contributed by atoms with Crippen molar-refractivity contribution in [2.24, 2.45) is 11.3 Å². The van der Waals surface area contributed by atoms with Crippen LogP contribution >= 0.6 is 0 Å². The standard InChI is InChI=1S/C12H19NO4/c1-12(11(15)16)7-17-6-9(12)13-10(14)8-4-2-3-5-8/h8-9H,2-7H2,1H3,(H,13,14)(H,15,16). The van der Waals surface area contributed by atoms with Crippen LogP contribution < -0.4 is 5.32 Å². The fourth-order valence-corrected chi connectivity index (χ4v) is 2.56. The second-order valence-electron chi connectivity index (χ2n) is 5.28. The first kappa shape index (κ1) is 12.4. The molecule has 0 aromatic rings. The van der Waals surface area contributed by atoms with Crippen LogP contribution in [0.4, 0.5) is 0 Å². The largest absolute Gasteiger partial charge is 0.481 e. The fraction of sp³-hybridized carbons (Fsp3) is 0.833. The molecule has 1 heterocycles. The van der Waals surface area contributed by atoms with E-state index in [1.165, 1.54) is 0 Å². The summed E-state index contributed by atoms with van der Waals surface area (Å²) < 4.78 is 5.20. The zero-order chi connectivity index (χ0) is 12.5. The number of carboxylic acid groups (broad SMARTS) is 1. The van der Waals surface area contributed by atoms with Gasteiger partial charge in [0, 0.05) is 5.92 Å². The lowest BCUT2D eigenvalue weighted by atomic mass is 9.85. The van der Waals surface area contributed by atoms with Crippen molar-refractivity contribution in [1.29, 1.82) is 0 Å². The summed E-state index contributed by atoms with van der Waals surface area (Å²) >= 11 is 0. The van der Waals surface area contributed by atoms with Crippen molar-refractivity contribution in [3.8, 4) is 0 Å². The molecule has 1 saturated carbocycles.